The average Bonchev–Trinajstić information content (AvgIpc) is 3.04. The van der Waals surface area contributed by atoms with Crippen LogP contribution in [0.1, 0.15) is 34.0 Å². The van der Waals surface area contributed by atoms with Crippen molar-refractivity contribution in [1.82, 2.24) is 9.62 Å². The van der Waals surface area contributed by atoms with Gasteiger partial charge in [-0.25, -0.2) is 8.42 Å². The minimum Gasteiger partial charge on any atom is -0.373 e. The van der Waals surface area contributed by atoms with E-state index in [-0.39, 0.29) is 23.0 Å². The number of rotatable bonds is 5. The first-order valence-electron chi connectivity index (χ1n) is 8.85. The van der Waals surface area contributed by atoms with Crippen molar-refractivity contribution in [2.75, 3.05) is 13.1 Å². The molecular formula is C19H24N2O4S2. The van der Waals surface area contributed by atoms with Crippen molar-refractivity contribution in [3.05, 3.63) is 51.7 Å². The third kappa shape index (κ3) is 4.76. The molecule has 1 N–H and O–H groups in total. The number of nitrogens with zero attached hydrogens (tertiary/aromatic N) is 1. The Bertz CT molecular complexity index is 913. The smallest absolute Gasteiger partial charge is 0.251 e. The highest BCUT2D eigenvalue weighted by Gasteiger charge is 2.32. The van der Waals surface area contributed by atoms with Crippen molar-refractivity contribution in [2.24, 2.45) is 0 Å². The second kappa shape index (κ2) is 8.10. The van der Waals surface area contributed by atoms with E-state index in [2.05, 4.69) is 5.32 Å². The number of ether oxygens (including phenoxy) is 1. The Morgan fingerprint density at radius 2 is 1.93 bits per heavy atom. The van der Waals surface area contributed by atoms with Gasteiger partial charge in [0.15, 0.2) is 0 Å². The molecule has 2 atom stereocenters. The molecule has 0 aliphatic carbocycles. The van der Waals surface area contributed by atoms with Crippen LogP contribution in [0.15, 0.2) is 41.3 Å². The first kappa shape index (κ1) is 20.0. The Morgan fingerprint density at radius 3 is 2.56 bits per heavy atom. The molecule has 2 unspecified atom stereocenters. The van der Waals surface area contributed by atoms with Crippen LogP contribution in [0.2, 0.25) is 0 Å². The molecule has 3 rings (SSSR count). The highest BCUT2D eigenvalue weighted by Crippen LogP contribution is 2.22. The van der Waals surface area contributed by atoms with Gasteiger partial charge in [-0.3, -0.25) is 4.79 Å². The maximum Gasteiger partial charge on any atom is 0.251 e. The predicted molar refractivity (Wildman–Crippen MR) is 105 cm³/mol. The largest absolute Gasteiger partial charge is 0.373 e. The van der Waals surface area contributed by atoms with Crippen LogP contribution < -0.4 is 5.32 Å². The van der Waals surface area contributed by atoms with E-state index in [1.54, 1.807) is 23.5 Å². The van der Waals surface area contributed by atoms with Crippen LogP contribution in [0.3, 0.4) is 0 Å². The van der Waals surface area contributed by atoms with Crippen LogP contribution in [0.4, 0.5) is 0 Å². The summed E-state index contributed by atoms with van der Waals surface area (Å²) in [6, 6.07) is 10.2. The molecule has 0 saturated carbocycles. The van der Waals surface area contributed by atoms with E-state index < -0.39 is 10.0 Å². The molecule has 1 aromatic heterocycles. The Labute approximate surface area is 164 Å². The van der Waals surface area contributed by atoms with Crippen LogP contribution >= 0.6 is 11.3 Å². The van der Waals surface area contributed by atoms with Gasteiger partial charge in [0, 0.05) is 28.4 Å². The number of aryl methyl sites for hydroxylation is 1. The lowest BCUT2D eigenvalue weighted by Gasteiger charge is -2.34. The van der Waals surface area contributed by atoms with Gasteiger partial charge in [-0.05, 0) is 51.1 Å². The van der Waals surface area contributed by atoms with Crippen molar-refractivity contribution in [2.45, 2.75) is 44.4 Å². The Kier molecular flexibility index (Phi) is 6.00. The number of carbonyl (C=O) groups excluding carboxylic acids is 1. The van der Waals surface area contributed by atoms with Gasteiger partial charge in [0.05, 0.1) is 23.6 Å². The zero-order valence-corrected chi connectivity index (χ0v) is 17.3. The van der Waals surface area contributed by atoms with E-state index in [0.717, 1.165) is 4.88 Å². The van der Waals surface area contributed by atoms with Crippen LogP contribution in [0.25, 0.3) is 0 Å². The minimum absolute atomic E-state index is 0.128. The van der Waals surface area contributed by atoms with Crippen molar-refractivity contribution in [1.29, 1.82) is 0 Å². The van der Waals surface area contributed by atoms with Gasteiger partial charge in [0.1, 0.15) is 0 Å². The second-order valence-corrected chi connectivity index (χ2v) is 10.1. The van der Waals surface area contributed by atoms with Crippen molar-refractivity contribution in [3.63, 3.8) is 0 Å². The number of carbonyl (C=O) groups is 1. The molecule has 6 nitrogen and oxygen atoms in total. The highest BCUT2D eigenvalue weighted by atomic mass is 32.2. The average molecular weight is 409 g/mol. The molecule has 2 heterocycles. The third-order valence-corrected chi connectivity index (χ3v) is 7.17. The van der Waals surface area contributed by atoms with Crippen LogP contribution in [0, 0.1) is 6.92 Å². The molecule has 1 aliphatic rings. The van der Waals surface area contributed by atoms with Gasteiger partial charge in [0.2, 0.25) is 10.0 Å². The minimum atomic E-state index is -3.67. The standard InChI is InChI=1S/C19H24N2O4S2/c1-13-11-21(12-14(2)25-13)27(23,24)18-6-4-5-16(9-18)19(22)20-10-17-8-7-15(3)26-17/h4-9,13-14H,10-12H2,1-3H3,(H,20,22). The summed E-state index contributed by atoms with van der Waals surface area (Å²) in [7, 11) is -3.67. The predicted octanol–water partition coefficient (Wildman–Crippen LogP) is 2.78. The molecule has 146 valence electrons. The highest BCUT2D eigenvalue weighted by molar-refractivity contribution is 7.89. The van der Waals surface area contributed by atoms with Crippen LogP contribution in [-0.2, 0) is 21.3 Å². The number of hydrogen-bond acceptors (Lipinski definition) is 5. The number of nitrogens with one attached hydrogen (secondary N) is 1. The quantitative estimate of drug-likeness (QED) is 0.825. The monoisotopic (exact) mass is 408 g/mol. The molecule has 0 radical (unpaired) electrons. The summed E-state index contributed by atoms with van der Waals surface area (Å²) >= 11 is 1.62. The summed E-state index contributed by atoms with van der Waals surface area (Å²) in [6.45, 7) is 6.76. The first-order chi connectivity index (χ1) is 12.8. The van der Waals surface area contributed by atoms with Crippen molar-refractivity contribution >= 4 is 27.3 Å². The van der Waals surface area contributed by atoms with E-state index in [1.165, 1.54) is 21.3 Å². The molecule has 0 bridgehead atoms. The molecule has 8 heteroatoms. The fourth-order valence-corrected chi connectivity index (χ4v) is 5.59. The summed E-state index contributed by atoms with van der Waals surface area (Å²) in [5.41, 5.74) is 0.332. The number of morpholine rings is 1. The number of benzene rings is 1. The lowest BCUT2D eigenvalue weighted by molar-refractivity contribution is -0.0440. The summed E-state index contributed by atoms with van der Waals surface area (Å²) in [4.78, 5) is 14.8. The maximum absolute atomic E-state index is 13.0. The molecule has 0 spiro atoms. The molecule has 27 heavy (non-hydrogen) atoms. The Hall–Kier alpha value is -1.74. The van der Waals surface area contributed by atoms with Gasteiger partial charge in [-0.15, -0.1) is 11.3 Å². The number of thiophene rings is 1. The van der Waals surface area contributed by atoms with E-state index >= 15 is 0 Å². The molecule has 1 saturated heterocycles. The summed E-state index contributed by atoms with van der Waals surface area (Å²) in [5.74, 6) is -0.290. The molecular weight excluding hydrogens is 384 g/mol. The van der Waals surface area contributed by atoms with Gasteiger partial charge in [-0.2, -0.15) is 4.31 Å². The zero-order valence-electron chi connectivity index (χ0n) is 15.6. The lowest BCUT2D eigenvalue weighted by Crippen LogP contribution is -2.48. The van der Waals surface area contributed by atoms with E-state index in [9.17, 15) is 13.2 Å². The number of sulfonamides is 1. The van der Waals surface area contributed by atoms with Crippen molar-refractivity contribution in [3.8, 4) is 0 Å². The topological polar surface area (TPSA) is 75.7 Å². The SMILES string of the molecule is Cc1ccc(CNC(=O)c2cccc(S(=O)(=O)N3CC(C)OC(C)C3)c2)s1. The molecule has 2 aromatic rings. The van der Waals surface area contributed by atoms with Crippen LogP contribution in [-0.4, -0.2) is 43.9 Å². The molecule has 1 aromatic carbocycles. The van der Waals surface area contributed by atoms with Gasteiger partial charge in [-0.1, -0.05) is 6.07 Å². The fourth-order valence-electron chi connectivity index (χ4n) is 3.12. The molecule has 1 fully saturated rings. The normalized spacial score (nSPS) is 21.1. The Morgan fingerprint density at radius 1 is 1.22 bits per heavy atom. The molecule has 1 amide bonds. The zero-order chi connectivity index (χ0) is 19.6. The van der Waals surface area contributed by atoms with Gasteiger partial charge < -0.3 is 10.1 Å². The third-order valence-electron chi connectivity index (χ3n) is 4.34. The summed E-state index contributed by atoms with van der Waals surface area (Å²) < 4.78 is 33.0. The summed E-state index contributed by atoms with van der Waals surface area (Å²) in [5, 5.41) is 2.84. The van der Waals surface area contributed by atoms with E-state index in [0.29, 0.717) is 25.2 Å². The second-order valence-electron chi connectivity index (χ2n) is 6.80. The number of amides is 1. The van der Waals surface area contributed by atoms with Crippen molar-refractivity contribution < 1.29 is 17.9 Å². The summed E-state index contributed by atoms with van der Waals surface area (Å²) in [6.07, 6.45) is -0.325. The molecule has 1 aliphatic heterocycles. The fraction of sp³-hybridized carbons (Fsp3) is 0.421. The van der Waals surface area contributed by atoms with E-state index in [1.807, 2.05) is 32.9 Å². The van der Waals surface area contributed by atoms with E-state index in [4.69, 9.17) is 4.74 Å². The lowest BCUT2D eigenvalue weighted by atomic mass is 10.2. The van der Waals surface area contributed by atoms with Crippen LogP contribution in [0.5, 0.6) is 0 Å². The number of hydrogen-bond donors (Lipinski definition) is 1. The maximum atomic E-state index is 13.0. The van der Waals surface area contributed by atoms with Gasteiger partial charge >= 0.3 is 0 Å². The Balaban J connectivity index is 1.75. The first-order valence-corrected chi connectivity index (χ1v) is 11.1. The van der Waals surface area contributed by atoms with Gasteiger partial charge in [0.25, 0.3) is 5.91 Å².